The number of nitrogens with one attached hydrogen (secondary N) is 2. The number of halogens is 3. The Balaban J connectivity index is 1.38. The summed E-state index contributed by atoms with van der Waals surface area (Å²) in [6.45, 7) is 1.87. The van der Waals surface area contributed by atoms with Crippen LogP contribution in [0.2, 0.25) is 0 Å². The number of carbonyl (C=O) groups is 2. The smallest absolute Gasteiger partial charge is 0.355 e. The number of fused-ring (bicyclic) bond motifs is 1. The van der Waals surface area contributed by atoms with Crippen LogP contribution in [-0.4, -0.2) is 44.7 Å². The van der Waals surface area contributed by atoms with E-state index in [4.69, 9.17) is 4.98 Å². The van der Waals surface area contributed by atoms with Crippen LogP contribution in [0.4, 0.5) is 19.0 Å². The van der Waals surface area contributed by atoms with E-state index in [1.165, 1.54) is 17.9 Å². The first kappa shape index (κ1) is 30.0. The molecule has 2 aliphatic rings. The molecule has 2 amide bonds. The standard InChI is InChI=1S/C32H29F3N8O2/c1-18(44)38-8-7-37-15-20-10-25-26(27(11-20)32(33,34)35)16-43(31(25)45)29-13-22(12-28(40-29)21-4-5-21)23-6-3-19(14-36)9-24(23)30-41-39-17-42(30)2/h3,6,9-13,17,21,37H,4-5,7-8,15-16H2,1-2H3,(H,38,44). The third-order valence-corrected chi connectivity index (χ3v) is 7.93. The number of rotatable bonds is 9. The van der Waals surface area contributed by atoms with Crippen molar-refractivity contribution in [2.75, 3.05) is 18.0 Å². The number of anilines is 1. The molecule has 0 unspecified atom stereocenters. The van der Waals surface area contributed by atoms with Crippen LogP contribution < -0.4 is 15.5 Å². The molecule has 1 saturated carbocycles. The molecule has 10 nitrogen and oxygen atoms in total. The summed E-state index contributed by atoms with van der Waals surface area (Å²) in [5, 5.41) is 23.4. The maximum Gasteiger partial charge on any atom is 0.416 e. The number of carbonyl (C=O) groups excluding carboxylic acids is 2. The maximum atomic E-state index is 14.3. The number of aryl methyl sites for hydroxylation is 1. The Hall–Kier alpha value is -5.09. The van der Waals surface area contributed by atoms with E-state index in [2.05, 4.69) is 26.9 Å². The number of nitrogens with zero attached hydrogens (tertiary/aromatic N) is 6. The van der Waals surface area contributed by atoms with Crippen LogP contribution in [0.25, 0.3) is 22.5 Å². The first-order valence-electron chi connectivity index (χ1n) is 14.4. The van der Waals surface area contributed by atoms with Crippen LogP contribution in [-0.2, 0) is 31.1 Å². The summed E-state index contributed by atoms with van der Waals surface area (Å²) in [5.41, 5.74) is 2.61. The van der Waals surface area contributed by atoms with Gasteiger partial charge in [-0.2, -0.15) is 18.4 Å². The van der Waals surface area contributed by atoms with Gasteiger partial charge in [-0.15, -0.1) is 10.2 Å². The first-order valence-corrected chi connectivity index (χ1v) is 14.4. The van der Waals surface area contributed by atoms with Gasteiger partial charge in [-0.25, -0.2) is 4.98 Å². The number of hydrogen-bond acceptors (Lipinski definition) is 7. The lowest BCUT2D eigenvalue weighted by molar-refractivity contribution is -0.138. The van der Waals surface area contributed by atoms with Crippen molar-refractivity contribution in [3.8, 4) is 28.6 Å². The summed E-state index contributed by atoms with van der Waals surface area (Å²) >= 11 is 0. The molecule has 4 aromatic rings. The zero-order valence-corrected chi connectivity index (χ0v) is 24.6. The van der Waals surface area contributed by atoms with Crippen molar-refractivity contribution in [1.82, 2.24) is 30.4 Å². The number of hydrogen-bond donors (Lipinski definition) is 2. The fourth-order valence-electron chi connectivity index (χ4n) is 5.56. The average Bonchev–Trinajstić information content (AvgIpc) is 3.70. The van der Waals surface area contributed by atoms with Gasteiger partial charge in [-0.3, -0.25) is 14.5 Å². The van der Waals surface area contributed by atoms with Crippen molar-refractivity contribution < 1.29 is 22.8 Å². The predicted octanol–water partition coefficient (Wildman–Crippen LogP) is 4.70. The van der Waals surface area contributed by atoms with Crippen LogP contribution >= 0.6 is 0 Å². The van der Waals surface area contributed by atoms with E-state index < -0.39 is 17.6 Å². The van der Waals surface area contributed by atoms with Gasteiger partial charge in [0.15, 0.2) is 5.82 Å². The molecule has 6 rings (SSSR count). The monoisotopic (exact) mass is 614 g/mol. The Labute approximate surface area is 256 Å². The Morgan fingerprint density at radius 2 is 1.89 bits per heavy atom. The normalized spacial score (nSPS) is 14.4. The lowest BCUT2D eigenvalue weighted by Crippen LogP contribution is -2.30. The molecule has 13 heteroatoms. The highest BCUT2D eigenvalue weighted by Crippen LogP contribution is 2.44. The molecule has 3 heterocycles. The third kappa shape index (κ3) is 6.14. The van der Waals surface area contributed by atoms with Gasteiger partial charge in [0.1, 0.15) is 12.1 Å². The average molecular weight is 615 g/mol. The van der Waals surface area contributed by atoms with Crippen molar-refractivity contribution in [2.45, 2.75) is 44.9 Å². The number of aromatic nitrogens is 4. The van der Waals surface area contributed by atoms with Crippen LogP contribution in [0.5, 0.6) is 0 Å². The highest BCUT2D eigenvalue weighted by Gasteiger charge is 2.41. The van der Waals surface area contributed by atoms with E-state index in [1.807, 2.05) is 6.07 Å². The van der Waals surface area contributed by atoms with Gasteiger partial charge in [0, 0.05) is 56.3 Å². The highest BCUT2D eigenvalue weighted by atomic mass is 19.4. The molecule has 0 spiro atoms. The van der Waals surface area contributed by atoms with Crippen molar-refractivity contribution in [2.24, 2.45) is 7.05 Å². The lowest BCUT2D eigenvalue weighted by atomic mass is 9.96. The Morgan fingerprint density at radius 3 is 2.56 bits per heavy atom. The van der Waals surface area contributed by atoms with Crippen LogP contribution in [0, 0.1) is 11.3 Å². The molecule has 0 saturated heterocycles. The van der Waals surface area contributed by atoms with Gasteiger partial charge in [0.25, 0.3) is 5.91 Å². The van der Waals surface area contributed by atoms with E-state index >= 15 is 0 Å². The topological polar surface area (TPSA) is 129 Å². The second-order valence-electron chi connectivity index (χ2n) is 11.3. The number of pyridine rings is 1. The number of nitriles is 1. The molecule has 2 aromatic heterocycles. The van der Waals surface area contributed by atoms with Crippen LogP contribution in [0.15, 0.2) is 48.8 Å². The minimum atomic E-state index is -4.67. The second kappa shape index (κ2) is 11.8. The molecule has 0 radical (unpaired) electrons. The molecule has 45 heavy (non-hydrogen) atoms. The molecule has 1 aliphatic heterocycles. The molecule has 0 bridgehead atoms. The molecule has 1 fully saturated rings. The van der Waals surface area contributed by atoms with Gasteiger partial charge in [-0.1, -0.05) is 6.07 Å². The molecular weight excluding hydrogens is 585 g/mol. The third-order valence-electron chi connectivity index (χ3n) is 7.93. The number of amides is 2. The molecule has 230 valence electrons. The van der Waals surface area contributed by atoms with E-state index in [0.717, 1.165) is 30.2 Å². The minimum absolute atomic E-state index is 0.0122. The van der Waals surface area contributed by atoms with Gasteiger partial charge < -0.3 is 15.2 Å². The minimum Gasteiger partial charge on any atom is -0.355 e. The summed E-state index contributed by atoms with van der Waals surface area (Å²) in [6, 6.07) is 13.6. The molecule has 2 N–H and O–H groups in total. The molecular formula is C32H29F3N8O2. The van der Waals surface area contributed by atoms with Crippen LogP contribution in [0.1, 0.15) is 64.0 Å². The zero-order valence-electron chi connectivity index (χ0n) is 24.6. The Morgan fingerprint density at radius 1 is 1.09 bits per heavy atom. The highest BCUT2D eigenvalue weighted by molar-refractivity contribution is 6.10. The van der Waals surface area contributed by atoms with Crippen molar-refractivity contribution in [3.05, 3.63) is 82.3 Å². The number of benzene rings is 2. The van der Waals surface area contributed by atoms with E-state index in [9.17, 15) is 28.0 Å². The van der Waals surface area contributed by atoms with Crippen molar-refractivity contribution >= 4 is 17.6 Å². The summed E-state index contributed by atoms with van der Waals surface area (Å²) in [4.78, 5) is 31.0. The quantitative estimate of drug-likeness (QED) is 0.262. The molecule has 2 aromatic carbocycles. The van der Waals surface area contributed by atoms with Crippen molar-refractivity contribution in [1.29, 1.82) is 5.26 Å². The van der Waals surface area contributed by atoms with E-state index in [-0.39, 0.29) is 41.9 Å². The summed E-state index contributed by atoms with van der Waals surface area (Å²) in [6.07, 6.45) is -1.28. The first-order chi connectivity index (χ1) is 21.5. The molecule has 0 atom stereocenters. The van der Waals surface area contributed by atoms with E-state index in [0.29, 0.717) is 41.2 Å². The molecule has 1 aliphatic carbocycles. The largest absolute Gasteiger partial charge is 0.416 e. The summed E-state index contributed by atoms with van der Waals surface area (Å²) in [5.74, 6) is 0.209. The Bertz CT molecular complexity index is 1860. The van der Waals surface area contributed by atoms with Gasteiger partial charge in [0.05, 0.1) is 23.7 Å². The number of alkyl halides is 3. The van der Waals surface area contributed by atoms with Gasteiger partial charge in [-0.05, 0) is 71.5 Å². The van der Waals surface area contributed by atoms with E-state index in [1.54, 1.807) is 42.2 Å². The summed E-state index contributed by atoms with van der Waals surface area (Å²) in [7, 11) is 1.79. The zero-order chi connectivity index (χ0) is 31.9. The predicted molar refractivity (Wildman–Crippen MR) is 159 cm³/mol. The lowest BCUT2D eigenvalue weighted by Gasteiger charge is -2.19. The van der Waals surface area contributed by atoms with Gasteiger partial charge >= 0.3 is 6.18 Å². The fourth-order valence-corrected chi connectivity index (χ4v) is 5.56. The van der Waals surface area contributed by atoms with Crippen LogP contribution in [0.3, 0.4) is 0 Å². The SMILES string of the molecule is CC(=O)NCCNCc1cc2c(c(C(F)(F)F)c1)CN(c1cc(-c3ccc(C#N)cc3-c3nncn3C)cc(C3CC3)n1)C2=O. The fraction of sp³-hybridized carbons (Fsp3) is 0.312. The Kier molecular flexibility index (Phi) is 7.84. The maximum absolute atomic E-state index is 14.3. The summed E-state index contributed by atoms with van der Waals surface area (Å²) < 4.78 is 44.6. The van der Waals surface area contributed by atoms with Crippen molar-refractivity contribution in [3.63, 3.8) is 0 Å². The second-order valence-corrected chi connectivity index (χ2v) is 11.3. The van der Waals surface area contributed by atoms with Gasteiger partial charge in [0.2, 0.25) is 5.91 Å².